The lowest BCUT2D eigenvalue weighted by molar-refractivity contribution is 0.138. The number of fused-ring (bicyclic) bond motifs is 4. The van der Waals surface area contributed by atoms with E-state index in [2.05, 4.69) is 41.0 Å². The standard InChI is InChI=1S/C17H14N2O/c1-20-10-19-16-5-3-2-4-13(16)15-8-14-11(7-17(15)19)6-12(14)9-18/h2-5,7-8,12H,6,10H2,1H3. The minimum atomic E-state index is 0.0685. The van der Waals surface area contributed by atoms with Crippen molar-refractivity contribution >= 4 is 21.8 Å². The lowest BCUT2D eigenvalue weighted by atomic mass is 9.78. The SMILES string of the molecule is COCn1c2ccccc2c2cc3c(cc21)CC3C#N. The van der Waals surface area contributed by atoms with Gasteiger partial charge in [-0.05, 0) is 35.7 Å². The number of aromatic nitrogens is 1. The Morgan fingerprint density at radius 2 is 2.10 bits per heavy atom. The molecule has 0 saturated carbocycles. The lowest BCUT2D eigenvalue weighted by Crippen LogP contribution is -2.15. The Morgan fingerprint density at radius 3 is 2.90 bits per heavy atom. The van der Waals surface area contributed by atoms with Crippen molar-refractivity contribution in [3.05, 3.63) is 47.5 Å². The fraction of sp³-hybridized carbons (Fsp3) is 0.235. The molecule has 98 valence electrons. The zero-order valence-corrected chi connectivity index (χ0v) is 11.3. The number of benzene rings is 2. The van der Waals surface area contributed by atoms with Crippen LogP contribution in [0.25, 0.3) is 21.8 Å². The van der Waals surface area contributed by atoms with Crippen molar-refractivity contribution in [1.29, 1.82) is 5.26 Å². The first-order valence-corrected chi connectivity index (χ1v) is 6.76. The summed E-state index contributed by atoms with van der Waals surface area (Å²) < 4.78 is 7.54. The molecular weight excluding hydrogens is 248 g/mol. The number of nitriles is 1. The van der Waals surface area contributed by atoms with E-state index in [4.69, 9.17) is 10.00 Å². The van der Waals surface area contributed by atoms with Crippen LogP contribution in [0.3, 0.4) is 0 Å². The molecule has 0 aliphatic heterocycles. The van der Waals surface area contributed by atoms with E-state index in [0.29, 0.717) is 6.73 Å². The van der Waals surface area contributed by atoms with Crippen molar-refractivity contribution < 1.29 is 4.74 Å². The minimum absolute atomic E-state index is 0.0685. The normalized spacial score (nSPS) is 16.9. The van der Waals surface area contributed by atoms with Crippen molar-refractivity contribution in [3.63, 3.8) is 0 Å². The van der Waals surface area contributed by atoms with Crippen LogP contribution in [0, 0.1) is 11.3 Å². The molecule has 1 heterocycles. The molecule has 0 saturated heterocycles. The number of methoxy groups -OCH3 is 1. The van der Waals surface area contributed by atoms with Crippen LogP contribution in [0.15, 0.2) is 36.4 Å². The average Bonchev–Trinajstić information content (AvgIpc) is 2.75. The van der Waals surface area contributed by atoms with Gasteiger partial charge in [0.25, 0.3) is 0 Å². The molecule has 1 atom stereocenters. The number of hydrogen-bond donors (Lipinski definition) is 0. The molecule has 3 nitrogen and oxygen atoms in total. The van der Waals surface area contributed by atoms with Crippen molar-refractivity contribution in [2.24, 2.45) is 0 Å². The molecule has 0 N–H and O–H groups in total. The Bertz CT molecular complexity index is 870. The molecule has 4 rings (SSSR count). The third kappa shape index (κ3) is 1.37. The van der Waals surface area contributed by atoms with Crippen LogP contribution in [-0.2, 0) is 17.9 Å². The summed E-state index contributed by atoms with van der Waals surface area (Å²) in [7, 11) is 1.72. The second-order valence-electron chi connectivity index (χ2n) is 5.32. The maximum atomic E-state index is 9.13. The zero-order chi connectivity index (χ0) is 13.7. The molecular formula is C17H14N2O. The molecule has 20 heavy (non-hydrogen) atoms. The number of hydrogen-bond acceptors (Lipinski definition) is 2. The maximum Gasteiger partial charge on any atom is 0.123 e. The fourth-order valence-electron chi connectivity index (χ4n) is 3.24. The third-order valence-corrected chi connectivity index (χ3v) is 4.25. The molecule has 0 radical (unpaired) electrons. The molecule has 0 spiro atoms. The quantitative estimate of drug-likeness (QED) is 0.708. The second kappa shape index (κ2) is 4.09. The Kier molecular flexibility index (Phi) is 2.35. The van der Waals surface area contributed by atoms with Crippen molar-refractivity contribution in [1.82, 2.24) is 4.57 Å². The fourth-order valence-corrected chi connectivity index (χ4v) is 3.24. The van der Waals surface area contributed by atoms with Gasteiger partial charge in [0.05, 0.1) is 23.0 Å². The van der Waals surface area contributed by atoms with E-state index < -0.39 is 0 Å². The Labute approximate surface area is 117 Å². The van der Waals surface area contributed by atoms with Gasteiger partial charge in [0.2, 0.25) is 0 Å². The predicted molar refractivity (Wildman–Crippen MR) is 78.5 cm³/mol. The summed E-state index contributed by atoms with van der Waals surface area (Å²) in [5.41, 5.74) is 4.87. The van der Waals surface area contributed by atoms with Crippen LogP contribution in [0.1, 0.15) is 17.0 Å². The minimum Gasteiger partial charge on any atom is -0.364 e. The van der Waals surface area contributed by atoms with Crippen molar-refractivity contribution in [3.8, 4) is 6.07 Å². The average molecular weight is 262 g/mol. The van der Waals surface area contributed by atoms with Gasteiger partial charge in [-0.1, -0.05) is 18.2 Å². The van der Waals surface area contributed by atoms with Crippen molar-refractivity contribution in [2.75, 3.05) is 7.11 Å². The van der Waals surface area contributed by atoms with Crippen LogP contribution in [0.5, 0.6) is 0 Å². The van der Waals surface area contributed by atoms with E-state index >= 15 is 0 Å². The first-order chi connectivity index (χ1) is 9.83. The van der Waals surface area contributed by atoms with E-state index in [1.165, 1.54) is 32.9 Å². The van der Waals surface area contributed by atoms with Gasteiger partial charge in [-0.15, -0.1) is 0 Å². The highest BCUT2D eigenvalue weighted by Gasteiger charge is 2.27. The van der Waals surface area contributed by atoms with Gasteiger partial charge in [0, 0.05) is 17.9 Å². The summed E-state index contributed by atoms with van der Waals surface area (Å²) in [6, 6.07) is 15.1. The molecule has 0 fully saturated rings. The lowest BCUT2D eigenvalue weighted by Gasteiger charge is -2.24. The third-order valence-electron chi connectivity index (χ3n) is 4.25. The molecule has 0 amide bonds. The molecule has 2 aromatic carbocycles. The summed E-state index contributed by atoms with van der Waals surface area (Å²) in [6.45, 7) is 0.546. The topological polar surface area (TPSA) is 38.0 Å². The summed E-state index contributed by atoms with van der Waals surface area (Å²) >= 11 is 0. The van der Waals surface area contributed by atoms with E-state index in [1.54, 1.807) is 7.11 Å². The van der Waals surface area contributed by atoms with Gasteiger partial charge >= 0.3 is 0 Å². The van der Waals surface area contributed by atoms with Crippen LogP contribution in [0.4, 0.5) is 0 Å². The van der Waals surface area contributed by atoms with Gasteiger partial charge in [-0.3, -0.25) is 0 Å². The van der Waals surface area contributed by atoms with E-state index in [0.717, 1.165) is 6.42 Å². The second-order valence-corrected chi connectivity index (χ2v) is 5.32. The summed E-state index contributed by atoms with van der Waals surface area (Å²) in [6.07, 6.45) is 0.871. The molecule has 1 aromatic heterocycles. The molecule has 1 aliphatic carbocycles. The van der Waals surface area contributed by atoms with Gasteiger partial charge in [-0.2, -0.15) is 5.26 Å². The molecule has 1 unspecified atom stereocenters. The summed E-state index contributed by atoms with van der Waals surface area (Å²) in [5, 5.41) is 11.6. The molecule has 3 aromatic rings. The number of rotatable bonds is 2. The number of nitrogens with zero attached hydrogens (tertiary/aromatic N) is 2. The smallest absolute Gasteiger partial charge is 0.123 e. The zero-order valence-electron chi connectivity index (χ0n) is 11.3. The van der Waals surface area contributed by atoms with Crippen LogP contribution >= 0.6 is 0 Å². The number of ether oxygens (including phenoxy) is 1. The first kappa shape index (κ1) is 11.5. The highest BCUT2D eigenvalue weighted by molar-refractivity contribution is 6.08. The van der Waals surface area contributed by atoms with Crippen LogP contribution < -0.4 is 0 Å². The molecule has 0 bridgehead atoms. The number of para-hydroxylation sites is 1. The Morgan fingerprint density at radius 1 is 1.25 bits per heavy atom. The first-order valence-electron chi connectivity index (χ1n) is 6.76. The highest BCUT2D eigenvalue weighted by atomic mass is 16.5. The monoisotopic (exact) mass is 262 g/mol. The van der Waals surface area contributed by atoms with Gasteiger partial charge in [0.15, 0.2) is 0 Å². The van der Waals surface area contributed by atoms with Crippen LogP contribution in [0.2, 0.25) is 0 Å². The van der Waals surface area contributed by atoms with Gasteiger partial charge in [0.1, 0.15) is 6.73 Å². The highest BCUT2D eigenvalue weighted by Crippen LogP contribution is 2.40. The van der Waals surface area contributed by atoms with E-state index in [1.807, 2.05) is 6.07 Å². The summed E-state index contributed by atoms with van der Waals surface area (Å²) in [5.74, 6) is 0.0685. The molecule has 1 aliphatic rings. The molecule has 3 heteroatoms. The van der Waals surface area contributed by atoms with E-state index in [-0.39, 0.29) is 5.92 Å². The summed E-state index contributed by atoms with van der Waals surface area (Å²) in [4.78, 5) is 0. The Balaban J connectivity index is 2.09. The largest absolute Gasteiger partial charge is 0.364 e. The maximum absolute atomic E-state index is 9.13. The van der Waals surface area contributed by atoms with Gasteiger partial charge < -0.3 is 9.30 Å². The van der Waals surface area contributed by atoms with Crippen LogP contribution in [-0.4, -0.2) is 11.7 Å². The van der Waals surface area contributed by atoms with E-state index in [9.17, 15) is 0 Å². The predicted octanol–water partition coefficient (Wildman–Crippen LogP) is 3.56. The van der Waals surface area contributed by atoms with Gasteiger partial charge in [-0.25, -0.2) is 0 Å². The Hall–Kier alpha value is -2.31. The van der Waals surface area contributed by atoms with Crippen molar-refractivity contribution in [2.45, 2.75) is 19.1 Å².